The largest absolute Gasteiger partial charge is 0.496 e. The van der Waals surface area contributed by atoms with Gasteiger partial charge in [0.2, 0.25) is 5.91 Å². The van der Waals surface area contributed by atoms with Crippen LogP contribution in [0.5, 0.6) is 5.75 Å². The third-order valence-electron chi connectivity index (χ3n) is 4.22. The molecular weight excluding hydrogens is 274 g/mol. The van der Waals surface area contributed by atoms with Gasteiger partial charge in [-0.1, -0.05) is 18.2 Å². The van der Waals surface area contributed by atoms with Crippen molar-refractivity contribution in [3.05, 3.63) is 58.7 Å². The number of methoxy groups -OCH3 is 1. The van der Waals surface area contributed by atoms with E-state index in [-0.39, 0.29) is 5.91 Å². The van der Waals surface area contributed by atoms with Gasteiger partial charge in [0.05, 0.1) is 13.5 Å². The molecule has 0 heterocycles. The fraction of sp³-hybridized carbons (Fsp3) is 0.316. The maximum atomic E-state index is 12.2. The van der Waals surface area contributed by atoms with Gasteiger partial charge in [-0.3, -0.25) is 4.79 Å². The lowest BCUT2D eigenvalue weighted by molar-refractivity contribution is -0.115. The molecule has 0 spiro atoms. The lowest BCUT2D eigenvalue weighted by atomic mass is 10.1. The number of hydrogen-bond acceptors (Lipinski definition) is 2. The number of anilines is 1. The van der Waals surface area contributed by atoms with Crippen LogP contribution in [0.3, 0.4) is 0 Å². The fourth-order valence-electron chi connectivity index (χ4n) is 3.01. The van der Waals surface area contributed by atoms with Gasteiger partial charge < -0.3 is 10.1 Å². The second-order valence-electron chi connectivity index (χ2n) is 5.87. The number of aryl methyl sites for hydroxylation is 3. The van der Waals surface area contributed by atoms with Crippen molar-refractivity contribution in [1.82, 2.24) is 0 Å². The van der Waals surface area contributed by atoms with Crippen LogP contribution in [0.4, 0.5) is 5.69 Å². The Labute approximate surface area is 131 Å². The number of ether oxygens (including phenoxy) is 1. The standard InChI is InChI=1S/C19H21NO2/c1-13-6-7-14(10-18(13)22-2)11-19(21)20-17-9-8-15-4-3-5-16(15)12-17/h6-10,12H,3-5,11H2,1-2H3,(H,20,21). The second-order valence-corrected chi connectivity index (χ2v) is 5.87. The molecule has 0 saturated carbocycles. The van der Waals surface area contributed by atoms with Gasteiger partial charge in [-0.05, 0) is 66.6 Å². The molecule has 0 saturated heterocycles. The molecule has 22 heavy (non-hydrogen) atoms. The Morgan fingerprint density at radius 3 is 2.77 bits per heavy atom. The molecule has 1 amide bonds. The van der Waals surface area contributed by atoms with Crippen LogP contribution < -0.4 is 10.1 Å². The van der Waals surface area contributed by atoms with E-state index < -0.39 is 0 Å². The summed E-state index contributed by atoms with van der Waals surface area (Å²) in [5, 5.41) is 2.99. The molecule has 3 heteroatoms. The highest BCUT2D eigenvalue weighted by molar-refractivity contribution is 5.92. The fourth-order valence-corrected chi connectivity index (χ4v) is 3.01. The number of carbonyl (C=O) groups is 1. The summed E-state index contributed by atoms with van der Waals surface area (Å²) in [5.41, 5.74) is 5.71. The predicted octanol–water partition coefficient (Wildman–Crippen LogP) is 3.67. The highest BCUT2D eigenvalue weighted by Crippen LogP contribution is 2.25. The van der Waals surface area contributed by atoms with Gasteiger partial charge in [-0.15, -0.1) is 0 Å². The third kappa shape index (κ3) is 3.14. The smallest absolute Gasteiger partial charge is 0.228 e. The van der Waals surface area contributed by atoms with Crippen LogP contribution in [-0.4, -0.2) is 13.0 Å². The summed E-state index contributed by atoms with van der Waals surface area (Å²) >= 11 is 0. The zero-order valence-corrected chi connectivity index (χ0v) is 13.1. The summed E-state index contributed by atoms with van der Waals surface area (Å²) in [6.07, 6.45) is 3.85. The molecule has 0 aromatic heterocycles. The summed E-state index contributed by atoms with van der Waals surface area (Å²) in [4.78, 5) is 12.2. The van der Waals surface area contributed by atoms with Crippen molar-refractivity contribution in [2.24, 2.45) is 0 Å². The quantitative estimate of drug-likeness (QED) is 0.934. The summed E-state index contributed by atoms with van der Waals surface area (Å²) in [5.74, 6) is 0.826. The number of fused-ring (bicyclic) bond motifs is 1. The average Bonchev–Trinajstić information content (AvgIpc) is 2.96. The van der Waals surface area contributed by atoms with Crippen LogP contribution in [-0.2, 0) is 24.1 Å². The zero-order valence-electron chi connectivity index (χ0n) is 13.1. The Morgan fingerprint density at radius 2 is 1.95 bits per heavy atom. The van der Waals surface area contributed by atoms with Gasteiger partial charge in [-0.2, -0.15) is 0 Å². The summed E-state index contributed by atoms with van der Waals surface area (Å²) < 4.78 is 5.30. The first kappa shape index (κ1) is 14.6. The topological polar surface area (TPSA) is 38.3 Å². The van der Waals surface area contributed by atoms with E-state index in [2.05, 4.69) is 17.4 Å². The van der Waals surface area contributed by atoms with Gasteiger partial charge in [0.15, 0.2) is 0 Å². The number of rotatable bonds is 4. The number of benzene rings is 2. The van der Waals surface area contributed by atoms with Gasteiger partial charge >= 0.3 is 0 Å². The van der Waals surface area contributed by atoms with E-state index in [9.17, 15) is 4.79 Å². The Bertz CT molecular complexity index is 692. The molecule has 0 bridgehead atoms. The molecule has 2 aromatic carbocycles. The molecular formula is C19H21NO2. The molecule has 114 valence electrons. The number of carbonyl (C=O) groups excluding carboxylic acids is 1. The minimum Gasteiger partial charge on any atom is -0.496 e. The summed E-state index contributed by atoms with van der Waals surface area (Å²) in [6.45, 7) is 1.99. The van der Waals surface area contributed by atoms with Crippen LogP contribution >= 0.6 is 0 Å². The van der Waals surface area contributed by atoms with E-state index in [1.807, 2.05) is 31.2 Å². The molecule has 1 N–H and O–H groups in total. The highest BCUT2D eigenvalue weighted by atomic mass is 16.5. The van der Waals surface area contributed by atoms with E-state index in [0.717, 1.165) is 35.4 Å². The molecule has 0 radical (unpaired) electrons. The van der Waals surface area contributed by atoms with Gasteiger partial charge in [0.25, 0.3) is 0 Å². The van der Waals surface area contributed by atoms with E-state index >= 15 is 0 Å². The van der Waals surface area contributed by atoms with Crippen molar-refractivity contribution in [1.29, 1.82) is 0 Å². The first-order valence-electron chi connectivity index (χ1n) is 7.71. The maximum absolute atomic E-state index is 12.2. The van der Waals surface area contributed by atoms with Crippen LogP contribution in [0.25, 0.3) is 0 Å². The Balaban J connectivity index is 1.67. The molecule has 0 unspecified atom stereocenters. The molecule has 1 aliphatic rings. The first-order valence-corrected chi connectivity index (χ1v) is 7.71. The zero-order chi connectivity index (χ0) is 15.5. The van der Waals surface area contributed by atoms with Crippen molar-refractivity contribution in [3.8, 4) is 5.75 Å². The van der Waals surface area contributed by atoms with Gasteiger partial charge in [0, 0.05) is 5.69 Å². The SMILES string of the molecule is COc1cc(CC(=O)Nc2ccc3c(c2)CCC3)ccc1C. The van der Waals surface area contributed by atoms with Crippen LogP contribution in [0.15, 0.2) is 36.4 Å². The summed E-state index contributed by atoms with van der Waals surface area (Å²) in [7, 11) is 1.65. The van der Waals surface area contributed by atoms with Crippen molar-refractivity contribution < 1.29 is 9.53 Å². The Kier molecular flexibility index (Phi) is 4.14. The number of nitrogens with one attached hydrogen (secondary N) is 1. The highest BCUT2D eigenvalue weighted by Gasteiger charge is 2.12. The van der Waals surface area contributed by atoms with Gasteiger partial charge in [0.1, 0.15) is 5.75 Å². The lowest BCUT2D eigenvalue weighted by Gasteiger charge is -2.09. The summed E-state index contributed by atoms with van der Waals surface area (Å²) in [6, 6.07) is 12.1. The minimum atomic E-state index is 0.00357. The van der Waals surface area contributed by atoms with E-state index in [1.165, 1.54) is 17.5 Å². The molecule has 1 aliphatic carbocycles. The number of amides is 1. The molecule has 3 rings (SSSR count). The Hall–Kier alpha value is -2.29. The van der Waals surface area contributed by atoms with Crippen LogP contribution in [0, 0.1) is 6.92 Å². The molecule has 0 fully saturated rings. The van der Waals surface area contributed by atoms with E-state index in [4.69, 9.17) is 4.74 Å². The third-order valence-corrected chi connectivity index (χ3v) is 4.22. The monoisotopic (exact) mass is 295 g/mol. The molecule has 2 aromatic rings. The van der Waals surface area contributed by atoms with Crippen molar-refractivity contribution in [3.63, 3.8) is 0 Å². The predicted molar refractivity (Wildman–Crippen MR) is 88.5 cm³/mol. The second kappa shape index (κ2) is 6.22. The Morgan fingerprint density at radius 1 is 1.14 bits per heavy atom. The maximum Gasteiger partial charge on any atom is 0.228 e. The van der Waals surface area contributed by atoms with Gasteiger partial charge in [-0.25, -0.2) is 0 Å². The van der Waals surface area contributed by atoms with Crippen molar-refractivity contribution in [2.75, 3.05) is 12.4 Å². The average molecular weight is 295 g/mol. The minimum absolute atomic E-state index is 0.00357. The van der Waals surface area contributed by atoms with Crippen LogP contribution in [0.2, 0.25) is 0 Å². The van der Waals surface area contributed by atoms with Crippen molar-refractivity contribution >= 4 is 11.6 Å². The van der Waals surface area contributed by atoms with Crippen molar-refractivity contribution in [2.45, 2.75) is 32.6 Å². The molecule has 0 aliphatic heterocycles. The van der Waals surface area contributed by atoms with Crippen LogP contribution in [0.1, 0.15) is 28.7 Å². The molecule has 0 atom stereocenters. The first-order chi connectivity index (χ1) is 10.7. The molecule has 3 nitrogen and oxygen atoms in total. The normalized spacial score (nSPS) is 12.8. The lowest BCUT2D eigenvalue weighted by Crippen LogP contribution is -2.14. The van der Waals surface area contributed by atoms with E-state index in [0.29, 0.717) is 6.42 Å². The van der Waals surface area contributed by atoms with E-state index in [1.54, 1.807) is 7.11 Å². The number of hydrogen-bond donors (Lipinski definition) is 1.